The van der Waals surface area contributed by atoms with Crippen LogP contribution in [0.25, 0.3) is 11.0 Å². The van der Waals surface area contributed by atoms with Crippen LogP contribution in [0.1, 0.15) is 13.3 Å². The van der Waals surface area contributed by atoms with Crippen LogP contribution in [0.5, 0.6) is 0 Å². The van der Waals surface area contributed by atoms with Crippen molar-refractivity contribution in [3.63, 3.8) is 0 Å². The van der Waals surface area contributed by atoms with Crippen molar-refractivity contribution in [2.24, 2.45) is 0 Å². The van der Waals surface area contributed by atoms with Crippen LogP contribution in [0.4, 0.5) is 5.82 Å². The molecule has 78 valence electrons. The summed E-state index contributed by atoms with van der Waals surface area (Å²) in [6.07, 6.45) is 2.50. The zero-order valence-corrected chi connectivity index (χ0v) is 8.38. The monoisotopic (exact) mass is 205 g/mol. The molecular formula is C10H11N3O2. The van der Waals surface area contributed by atoms with Crippen molar-refractivity contribution < 1.29 is 4.92 Å². The molecule has 5 nitrogen and oxygen atoms in total. The zero-order valence-electron chi connectivity index (χ0n) is 8.38. The van der Waals surface area contributed by atoms with E-state index in [1.54, 1.807) is 22.9 Å². The predicted octanol–water partition coefficient (Wildman–Crippen LogP) is 2.35. The van der Waals surface area contributed by atoms with Crippen molar-refractivity contribution in [2.75, 3.05) is 0 Å². The van der Waals surface area contributed by atoms with Gasteiger partial charge in [0.1, 0.15) is 0 Å². The Morgan fingerprint density at radius 2 is 2.40 bits per heavy atom. The third kappa shape index (κ3) is 1.56. The van der Waals surface area contributed by atoms with Crippen LogP contribution in [-0.2, 0) is 6.54 Å². The number of nitro groups is 1. The Morgan fingerprint density at radius 1 is 1.60 bits per heavy atom. The van der Waals surface area contributed by atoms with Crippen molar-refractivity contribution in [1.82, 2.24) is 9.55 Å². The minimum absolute atomic E-state index is 0.116. The molecule has 2 rings (SSSR count). The summed E-state index contributed by atoms with van der Waals surface area (Å²) in [6.45, 7) is 2.61. The number of pyridine rings is 1. The molecule has 2 heterocycles. The van der Waals surface area contributed by atoms with Crippen molar-refractivity contribution in [1.29, 1.82) is 0 Å². The molecule has 5 heteroatoms. The molecule has 0 N–H and O–H groups in total. The Kier molecular flexibility index (Phi) is 2.37. The fourth-order valence-corrected chi connectivity index (χ4v) is 1.67. The van der Waals surface area contributed by atoms with Crippen LogP contribution in [0.15, 0.2) is 24.4 Å². The smallest absolute Gasteiger partial charge is 0.325 e. The molecule has 0 spiro atoms. The summed E-state index contributed by atoms with van der Waals surface area (Å²) in [7, 11) is 0. The number of rotatable bonds is 3. The molecule has 0 aromatic carbocycles. The number of hydrogen-bond acceptors (Lipinski definition) is 3. The van der Waals surface area contributed by atoms with E-state index in [9.17, 15) is 10.1 Å². The van der Waals surface area contributed by atoms with E-state index in [4.69, 9.17) is 0 Å². The molecule has 0 aliphatic heterocycles. The van der Waals surface area contributed by atoms with E-state index in [-0.39, 0.29) is 10.7 Å². The van der Waals surface area contributed by atoms with Gasteiger partial charge in [-0.25, -0.2) is 9.55 Å². The summed E-state index contributed by atoms with van der Waals surface area (Å²) in [5, 5.41) is 11.6. The topological polar surface area (TPSA) is 61.0 Å². The van der Waals surface area contributed by atoms with E-state index in [2.05, 4.69) is 4.98 Å². The van der Waals surface area contributed by atoms with Gasteiger partial charge in [0.05, 0.1) is 6.54 Å². The standard InChI is InChI=1S/C10H11N3O2/c1-2-6-12-9(13(14)15)7-8-4-3-5-11-10(8)12/h3-5,7H,2,6H2,1H3. The van der Waals surface area contributed by atoms with Crippen molar-refractivity contribution >= 4 is 16.9 Å². The van der Waals surface area contributed by atoms with Gasteiger partial charge < -0.3 is 10.1 Å². The van der Waals surface area contributed by atoms with Gasteiger partial charge in [-0.3, -0.25) is 0 Å². The highest BCUT2D eigenvalue weighted by Crippen LogP contribution is 2.23. The molecule has 0 aliphatic carbocycles. The first-order valence-corrected chi connectivity index (χ1v) is 4.82. The van der Waals surface area contributed by atoms with Gasteiger partial charge in [-0.1, -0.05) is 6.92 Å². The van der Waals surface area contributed by atoms with Crippen molar-refractivity contribution in [3.05, 3.63) is 34.5 Å². The van der Waals surface area contributed by atoms with Crippen LogP contribution < -0.4 is 0 Å². The van der Waals surface area contributed by atoms with Crippen LogP contribution in [-0.4, -0.2) is 14.5 Å². The fraction of sp³-hybridized carbons (Fsp3) is 0.300. The third-order valence-electron chi connectivity index (χ3n) is 2.27. The fourth-order valence-electron chi connectivity index (χ4n) is 1.67. The first-order chi connectivity index (χ1) is 7.24. The molecule has 0 amide bonds. The number of aromatic nitrogens is 2. The lowest BCUT2D eigenvalue weighted by Crippen LogP contribution is -2.02. The van der Waals surface area contributed by atoms with Crippen LogP contribution in [0.3, 0.4) is 0 Å². The lowest BCUT2D eigenvalue weighted by molar-refractivity contribution is -0.391. The first-order valence-electron chi connectivity index (χ1n) is 4.82. The van der Waals surface area contributed by atoms with Crippen molar-refractivity contribution in [2.45, 2.75) is 19.9 Å². The second kappa shape index (κ2) is 3.68. The van der Waals surface area contributed by atoms with Crippen LogP contribution in [0.2, 0.25) is 0 Å². The molecule has 15 heavy (non-hydrogen) atoms. The largest absolute Gasteiger partial charge is 0.358 e. The highest BCUT2D eigenvalue weighted by molar-refractivity contribution is 5.79. The van der Waals surface area contributed by atoms with Crippen LogP contribution >= 0.6 is 0 Å². The van der Waals surface area contributed by atoms with E-state index in [1.807, 2.05) is 13.0 Å². The Hall–Kier alpha value is -1.91. The van der Waals surface area contributed by atoms with Gasteiger partial charge in [0, 0.05) is 17.6 Å². The van der Waals surface area contributed by atoms with E-state index in [1.165, 1.54) is 0 Å². The quantitative estimate of drug-likeness (QED) is 0.570. The number of fused-ring (bicyclic) bond motifs is 1. The third-order valence-corrected chi connectivity index (χ3v) is 2.27. The maximum Gasteiger partial charge on any atom is 0.325 e. The summed E-state index contributed by atoms with van der Waals surface area (Å²) in [5.41, 5.74) is 0.686. The van der Waals surface area contributed by atoms with Gasteiger partial charge in [0.25, 0.3) is 0 Å². The number of nitrogens with zero attached hydrogens (tertiary/aromatic N) is 3. The molecule has 0 aliphatic rings. The Balaban J connectivity index is 2.68. The number of aryl methyl sites for hydroxylation is 1. The van der Waals surface area contributed by atoms with Crippen molar-refractivity contribution in [3.8, 4) is 0 Å². The Morgan fingerprint density at radius 3 is 3.07 bits per heavy atom. The second-order valence-electron chi connectivity index (χ2n) is 3.33. The SMILES string of the molecule is CCCn1c([N+](=O)[O-])cc2cccnc21. The maximum absolute atomic E-state index is 10.8. The summed E-state index contributed by atoms with van der Waals surface area (Å²) in [4.78, 5) is 14.6. The maximum atomic E-state index is 10.8. The van der Waals surface area contributed by atoms with Crippen LogP contribution in [0, 0.1) is 10.1 Å². The van der Waals surface area contributed by atoms with Gasteiger partial charge in [-0.15, -0.1) is 0 Å². The van der Waals surface area contributed by atoms with E-state index >= 15 is 0 Å². The molecule has 0 fully saturated rings. The molecule has 0 radical (unpaired) electrons. The van der Waals surface area contributed by atoms with Gasteiger partial charge >= 0.3 is 5.82 Å². The molecular weight excluding hydrogens is 194 g/mol. The lowest BCUT2D eigenvalue weighted by atomic mass is 10.3. The molecule has 0 unspecified atom stereocenters. The van der Waals surface area contributed by atoms with Gasteiger partial charge in [-0.05, 0) is 23.5 Å². The number of hydrogen-bond donors (Lipinski definition) is 0. The average molecular weight is 205 g/mol. The highest BCUT2D eigenvalue weighted by Gasteiger charge is 2.18. The first kappa shape index (κ1) is 9.64. The van der Waals surface area contributed by atoms with Gasteiger partial charge in [0.15, 0.2) is 0 Å². The molecule has 0 atom stereocenters. The minimum atomic E-state index is -0.364. The summed E-state index contributed by atoms with van der Waals surface area (Å²) in [5.74, 6) is 0.116. The molecule has 2 aromatic rings. The van der Waals surface area contributed by atoms with Gasteiger partial charge in [0.2, 0.25) is 5.65 Å². The molecule has 2 aromatic heterocycles. The molecule has 0 saturated heterocycles. The molecule has 0 saturated carbocycles. The summed E-state index contributed by atoms with van der Waals surface area (Å²) in [6, 6.07) is 5.18. The van der Waals surface area contributed by atoms with E-state index < -0.39 is 0 Å². The lowest BCUT2D eigenvalue weighted by Gasteiger charge is -1.99. The minimum Gasteiger partial charge on any atom is -0.358 e. The Bertz CT molecular complexity index is 504. The summed E-state index contributed by atoms with van der Waals surface area (Å²) < 4.78 is 1.65. The highest BCUT2D eigenvalue weighted by atomic mass is 16.6. The average Bonchev–Trinajstić information content (AvgIpc) is 2.58. The summed E-state index contributed by atoms with van der Waals surface area (Å²) >= 11 is 0. The van der Waals surface area contributed by atoms with E-state index in [0.29, 0.717) is 12.2 Å². The molecule has 0 bridgehead atoms. The second-order valence-corrected chi connectivity index (χ2v) is 3.33. The normalized spacial score (nSPS) is 10.7. The van der Waals surface area contributed by atoms with Gasteiger partial charge in [-0.2, -0.15) is 0 Å². The van der Waals surface area contributed by atoms with E-state index in [0.717, 1.165) is 11.8 Å². The zero-order chi connectivity index (χ0) is 10.8. The Labute approximate surface area is 86.5 Å². The predicted molar refractivity (Wildman–Crippen MR) is 56.7 cm³/mol.